The summed E-state index contributed by atoms with van der Waals surface area (Å²) in [5, 5.41) is 11.3. The summed E-state index contributed by atoms with van der Waals surface area (Å²) in [4.78, 5) is 25.2. The number of benzene rings is 1. The molecule has 2 N–H and O–H groups in total. The Morgan fingerprint density at radius 3 is 2.62 bits per heavy atom. The van der Waals surface area contributed by atoms with Crippen molar-refractivity contribution < 1.29 is 14.7 Å². The summed E-state index contributed by atoms with van der Waals surface area (Å²) in [5.41, 5.74) is 1.65. The molecule has 2 rings (SSSR count). The fraction of sp³-hybridized carbons (Fsp3) is 0.375. The standard InChI is InChI=1S/C16H18N2O3/c1-2-4-14-15(20)18(16(21)17-14)11-13-8-6-12(7-9-13)5-3-10-19/h6-9,14,19H,2,4,10-11H2,1H3,(H,17,21). The van der Waals surface area contributed by atoms with Crippen LogP contribution < -0.4 is 5.32 Å². The van der Waals surface area contributed by atoms with E-state index < -0.39 is 6.04 Å². The van der Waals surface area contributed by atoms with Crippen molar-refractivity contribution in [3.63, 3.8) is 0 Å². The molecular formula is C16H18N2O3. The summed E-state index contributed by atoms with van der Waals surface area (Å²) in [6, 6.07) is 6.55. The van der Waals surface area contributed by atoms with Crippen molar-refractivity contribution in [3.8, 4) is 11.8 Å². The van der Waals surface area contributed by atoms with Gasteiger partial charge in [0.15, 0.2) is 0 Å². The molecule has 1 aromatic rings. The Balaban J connectivity index is 2.04. The molecule has 0 saturated carbocycles. The van der Waals surface area contributed by atoms with Crippen LogP contribution in [0.25, 0.3) is 0 Å². The summed E-state index contributed by atoms with van der Waals surface area (Å²) in [6.07, 6.45) is 1.51. The molecule has 1 saturated heterocycles. The van der Waals surface area contributed by atoms with Gasteiger partial charge in [-0.2, -0.15) is 0 Å². The first-order chi connectivity index (χ1) is 10.2. The molecule has 1 aliphatic heterocycles. The van der Waals surface area contributed by atoms with Crippen LogP contribution in [0.1, 0.15) is 30.9 Å². The van der Waals surface area contributed by atoms with Crippen LogP contribution in [0.4, 0.5) is 4.79 Å². The third-order valence-electron chi connectivity index (χ3n) is 3.29. The number of urea groups is 1. The number of carbonyl (C=O) groups excluding carboxylic acids is 2. The van der Waals surface area contributed by atoms with Gasteiger partial charge in [-0.1, -0.05) is 37.3 Å². The van der Waals surface area contributed by atoms with E-state index in [1.165, 1.54) is 4.90 Å². The van der Waals surface area contributed by atoms with Crippen molar-refractivity contribution in [1.82, 2.24) is 10.2 Å². The lowest BCUT2D eigenvalue weighted by atomic mass is 10.1. The normalized spacial score (nSPS) is 17.4. The minimum Gasteiger partial charge on any atom is -0.384 e. The first-order valence-electron chi connectivity index (χ1n) is 6.96. The summed E-state index contributed by atoms with van der Waals surface area (Å²) in [7, 11) is 0. The Labute approximate surface area is 124 Å². The Bertz CT molecular complexity index is 584. The number of aliphatic hydroxyl groups excluding tert-OH is 1. The second-order valence-corrected chi connectivity index (χ2v) is 4.87. The number of rotatable bonds is 4. The third kappa shape index (κ3) is 3.61. The van der Waals surface area contributed by atoms with Gasteiger partial charge in [0.25, 0.3) is 5.91 Å². The number of nitrogens with one attached hydrogen (secondary N) is 1. The molecule has 1 aliphatic rings. The Kier molecular flexibility index (Phi) is 4.96. The zero-order valence-electron chi connectivity index (χ0n) is 11.9. The number of hydrogen-bond acceptors (Lipinski definition) is 3. The first-order valence-corrected chi connectivity index (χ1v) is 6.96. The lowest BCUT2D eigenvalue weighted by Crippen LogP contribution is -2.30. The molecule has 5 heteroatoms. The Morgan fingerprint density at radius 1 is 1.29 bits per heavy atom. The predicted octanol–water partition coefficient (Wildman–Crippen LogP) is 1.25. The van der Waals surface area contributed by atoms with E-state index in [1.807, 2.05) is 19.1 Å². The van der Waals surface area contributed by atoms with Crippen molar-refractivity contribution in [2.75, 3.05) is 6.61 Å². The molecule has 0 spiro atoms. The van der Waals surface area contributed by atoms with Crippen LogP contribution in [0.2, 0.25) is 0 Å². The quantitative estimate of drug-likeness (QED) is 0.646. The maximum absolute atomic E-state index is 12.1. The van der Waals surface area contributed by atoms with Gasteiger partial charge in [0.1, 0.15) is 12.6 Å². The second-order valence-electron chi connectivity index (χ2n) is 4.87. The monoisotopic (exact) mass is 286 g/mol. The van der Waals surface area contributed by atoms with Crippen LogP contribution in [-0.4, -0.2) is 34.6 Å². The van der Waals surface area contributed by atoms with Crippen molar-refractivity contribution in [2.24, 2.45) is 0 Å². The third-order valence-corrected chi connectivity index (χ3v) is 3.29. The summed E-state index contributed by atoms with van der Waals surface area (Å²) >= 11 is 0. The van der Waals surface area contributed by atoms with E-state index in [4.69, 9.17) is 5.11 Å². The summed E-state index contributed by atoms with van der Waals surface area (Å²) < 4.78 is 0. The molecule has 1 atom stereocenters. The average Bonchev–Trinajstić information content (AvgIpc) is 2.75. The highest BCUT2D eigenvalue weighted by Gasteiger charge is 2.36. The molecule has 0 aromatic heterocycles. The molecule has 5 nitrogen and oxygen atoms in total. The fourth-order valence-electron chi connectivity index (χ4n) is 2.23. The number of amides is 3. The molecule has 0 bridgehead atoms. The van der Waals surface area contributed by atoms with Gasteiger partial charge in [-0.3, -0.25) is 9.69 Å². The Morgan fingerprint density at radius 2 is 2.00 bits per heavy atom. The van der Waals surface area contributed by atoms with Crippen LogP contribution in [0.5, 0.6) is 0 Å². The van der Waals surface area contributed by atoms with E-state index in [1.54, 1.807) is 12.1 Å². The Hall–Kier alpha value is -2.32. The molecule has 110 valence electrons. The van der Waals surface area contributed by atoms with Gasteiger partial charge in [0.05, 0.1) is 6.54 Å². The smallest absolute Gasteiger partial charge is 0.325 e. The molecule has 1 fully saturated rings. The minimum atomic E-state index is -0.391. The van der Waals surface area contributed by atoms with Gasteiger partial charge in [0.2, 0.25) is 0 Å². The molecule has 1 unspecified atom stereocenters. The summed E-state index contributed by atoms with van der Waals surface area (Å²) in [5.74, 6) is 5.20. The maximum Gasteiger partial charge on any atom is 0.325 e. The molecule has 0 radical (unpaired) electrons. The van der Waals surface area contributed by atoms with Crippen molar-refractivity contribution in [2.45, 2.75) is 32.4 Å². The van der Waals surface area contributed by atoms with E-state index in [0.29, 0.717) is 6.42 Å². The zero-order chi connectivity index (χ0) is 15.2. The molecule has 3 amide bonds. The van der Waals surface area contributed by atoms with E-state index in [9.17, 15) is 9.59 Å². The van der Waals surface area contributed by atoms with Crippen LogP contribution in [-0.2, 0) is 11.3 Å². The van der Waals surface area contributed by atoms with Crippen LogP contribution in [0.3, 0.4) is 0 Å². The number of aliphatic hydroxyl groups is 1. The van der Waals surface area contributed by atoms with Gasteiger partial charge in [-0.25, -0.2) is 4.79 Å². The van der Waals surface area contributed by atoms with Crippen LogP contribution >= 0.6 is 0 Å². The van der Waals surface area contributed by atoms with E-state index in [-0.39, 0.29) is 25.1 Å². The highest BCUT2D eigenvalue weighted by Crippen LogP contribution is 2.15. The van der Waals surface area contributed by atoms with Crippen molar-refractivity contribution in [3.05, 3.63) is 35.4 Å². The lowest BCUT2D eigenvalue weighted by Gasteiger charge is -2.13. The average molecular weight is 286 g/mol. The zero-order valence-corrected chi connectivity index (χ0v) is 11.9. The molecule has 0 aliphatic carbocycles. The SMILES string of the molecule is CCCC1NC(=O)N(Cc2ccc(C#CCO)cc2)C1=O. The minimum absolute atomic E-state index is 0.161. The van der Waals surface area contributed by atoms with E-state index >= 15 is 0 Å². The molecule has 21 heavy (non-hydrogen) atoms. The van der Waals surface area contributed by atoms with Gasteiger partial charge in [-0.05, 0) is 24.1 Å². The predicted molar refractivity (Wildman–Crippen MR) is 78.2 cm³/mol. The van der Waals surface area contributed by atoms with Crippen LogP contribution in [0, 0.1) is 11.8 Å². The largest absolute Gasteiger partial charge is 0.384 e. The molecule has 1 aromatic carbocycles. The van der Waals surface area contributed by atoms with Gasteiger partial charge >= 0.3 is 6.03 Å². The van der Waals surface area contributed by atoms with E-state index in [2.05, 4.69) is 17.2 Å². The lowest BCUT2D eigenvalue weighted by molar-refractivity contribution is -0.128. The highest BCUT2D eigenvalue weighted by atomic mass is 16.2. The highest BCUT2D eigenvalue weighted by molar-refractivity contribution is 6.04. The van der Waals surface area contributed by atoms with Crippen molar-refractivity contribution >= 4 is 11.9 Å². The maximum atomic E-state index is 12.1. The van der Waals surface area contributed by atoms with Crippen LogP contribution in [0.15, 0.2) is 24.3 Å². The second kappa shape index (κ2) is 6.91. The number of imide groups is 1. The molecule has 1 heterocycles. The summed E-state index contributed by atoms with van der Waals surface area (Å²) in [6.45, 7) is 2.07. The van der Waals surface area contributed by atoms with E-state index in [0.717, 1.165) is 17.5 Å². The number of nitrogens with zero attached hydrogens (tertiary/aromatic N) is 1. The first kappa shape index (κ1) is 15.1. The van der Waals surface area contributed by atoms with Gasteiger partial charge in [0, 0.05) is 5.56 Å². The van der Waals surface area contributed by atoms with Gasteiger partial charge < -0.3 is 10.4 Å². The molecular weight excluding hydrogens is 268 g/mol. The topological polar surface area (TPSA) is 69.6 Å². The number of hydrogen-bond donors (Lipinski definition) is 2. The fourth-order valence-corrected chi connectivity index (χ4v) is 2.23. The van der Waals surface area contributed by atoms with Gasteiger partial charge in [-0.15, -0.1) is 0 Å². The number of carbonyl (C=O) groups is 2. The van der Waals surface area contributed by atoms with Crippen molar-refractivity contribution in [1.29, 1.82) is 0 Å².